The van der Waals surface area contributed by atoms with Crippen LogP contribution in [-0.4, -0.2) is 76.3 Å². The Bertz CT molecular complexity index is 1190. The van der Waals surface area contributed by atoms with Gasteiger partial charge in [0, 0.05) is 69.1 Å². The van der Waals surface area contributed by atoms with Crippen molar-refractivity contribution in [1.29, 1.82) is 0 Å². The van der Waals surface area contributed by atoms with Gasteiger partial charge in [0.15, 0.2) is 5.82 Å². The molecule has 0 amide bonds. The van der Waals surface area contributed by atoms with Crippen molar-refractivity contribution >= 4 is 34.7 Å². The molecule has 0 aliphatic carbocycles. The third kappa shape index (κ3) is 4.93. The van der Waals surface area contributed by atoms with Gasteiger partial charge in [0.05, 0.1) is 22.6 Å². The number of fused-ring (bicyclic) bond motifs is 1. The number of benzene rings is 1. The maximum absolute atomic E-state index is 14.1. The molecule has 0 saturated carbocycles. The summed E-state index contributed by atoms with van der Waals surface area (Å²) in [6, 6.07) is 4.73. The first kappa shape index (κ1) is 23.2. The second-order valence-corrected chi connectivity index (χ2v) is 9.39. The molecule has 1 aromatic carbocycles. The van der Waals surface area contributed by atoms with E-state index in [9.17, 15) is 4.39 Å². The second-order valence-electron chi connectivity index (χ2n) is 8.61. The summed E-state index contributed by atoms with van der Waals surface area (Å²) in [4.78, 5) is 16.0. The van der Waals surface area contributed by atoms with Crippen LogP contribution in [0.3, 0.4) is 0 Å². The van der Waals surface area contributed by atoms with Gasteiger partial charge in [0.1, 0.15) is 17.2 Å². The van der Waals surface area contributed by atoms with Gasteiger partial charge in [-0.3, -0.25) is 9.88 Å². The van der Waals surface area contributed by atoms with Crippen molar-refractivity contribution in [3.05, 3.63) is 57.7 Å². The molecule has 2 aliphatic heterocycles. The summed E-state index contributed by atoms with van der Waals surface area (Å²) in [5, 5.41) is 12.5. The Morgan fingerprint density at radius 1 is 1.00 bits per heavy atom. The molecular formula is C23H25Cl2FN8. The van der Waals surface area contributed by atoms with E-state index in [2.05, 4.69) is 42.2 Å². The van der Waals surface area contributed by atoms with E-state index in [0.29, 0.717) is 47.4 Å². The molecule has 2 aliphatic rings. The zero-order chi connectivity index (χ0) is 23.7. The van der Waals surface area contributed by atoms with Gasteiger partial charge in [-0.2, -0.15) is 0 Å². The maximum atomic E-state index is 14.1. The number of anilines is 2. The molecule has 178 valence electrons. The summed E-state index contributed by atoms with van der Waals surface area (Å²) in [7, 11) is 2.14. The van der Waals surface area contributed by atoms with E-state index >= 15 is 0 Å². The van der Waals surface area contributed by atoms with E-state index in [1.807, 2.05) is 6.07 Å². The van der Waals surface area contributed by atoms with Crippen LogP contribution in [0.4, 0.5) is 15.9 Å². The third-order valence-electron chi connectivity index (χ3n) is 6.20. The Kier molecular flexibility index (Phi) is 6.78. The van der Waals surface area contributed by atoms with Gasteiger partial charge in [-0.15, -0.1) is 10.2 Å². The van der Waals surface area contributed by atoms with Crippen LogP contribution < -0.4 is 10.2 Å². The highest BCUT2D eigenvalue weighted by molar-refractivity contribution is 6.36. The lowest BCUT2D eigenvalue weighted by atomic mass is 10.1. The van der Waals surface area contributed by atoms with Crippen LogP contribution in [0.2, 0.25) is 10.0 Å². The van der Waals surface area contributed by atoms with Gasteiger partial charge < -0.3 is 15.1 Å². The zero-order valence-corrected chi connectivity index (χ0v) is 20.3. The van der Waals surface area contributed by atoms with E-state index in [1.54, 1.807) is 12.4 Å². The van der Waals surface area contributed by atoms with E-state index in [-0.39, 0.29) is 5.02 Å². The first-order valence-electron chi connectivity index (χ1n) is 11.2. The minimum atomic E-state index is -0.489. The lowest BCUT2D eigenvalue weighted by Crippen LogP contribution is -2.44. The highest BCUT2D eigenvalue weighted by atomic mass is 35.5. The highest BCUT2D eigenvalue weighted by Crippen LogP contribution is 2.34. The largest absolute Gasteiger partial charge is 0.365 e. The van der Waals surface area contributed by atoms with Gasteiger partial charge in [-0.25, -0.2) is 9.37 Å². The Morgan fingerprint density at radius 2 is 1.82 bits per heavy atom. The summed E-state index contributed by atoms with van der Waals surface area (Å²) in [5.41, 5.74) is 3.56. The lowest BCUT2D eigenvalue weighted by molar-refractivity contribution is 0.147. The molecule has 0 radical (unpaired) electrons. The number of piperazine rings is 1. The molecule has 0 unspecified atom stereocenters. The Balaban J connectivity index is 1.40. The number of rotatable bonds is 5. The predicted molar refractivity (Wildman–Crippen MR) is 132 cm³/mol. The lowest BCUT2D eigenvalue weighted by Gasteiger charge is -2.32. The standard InChI is InChI=1S/C23H25Cl2FN8/c1-32-6-8-33(9-7-32)13-15-11-27-12-20(29-15)19-10-21-23(31-30-19)28-4-5-34(21)14-16-17(24)2-3-18(26)22(16)25/h2-3,10-12H,4-9,13-14H2,1H3,(H,28,31). The summed E-state index contributed by atoms with van der Waals surface area (Å²) in [5.74, 6) is 0.164. The highest BCUT2D eigenvalue weighted by Gasteiger charge is 2.23. The molecule has 0 atom stereocenters. The summed E-state index contributed by atoms with van der Waals surface area (Å²) >= 11 is 12.6. The van der Waals surface area contributed by atoms with Crippen LogP contribution >= 0.6 is 23.2 Å². The molecule has 4 heterocycles. The first-order chi connectivity index (χ1) is 16.5. The molecule has 0 bridgehead atoms. The fraction of sp³-hybridized carbons (Fsp3) is 0.391. The number of hydrogen-bond donors (Lipinski definition) is 1. The van der Waals surface area contributed by atoms with Crippen molar-refractivity contribution in [1.82, 2.24) is 30.0 Å². The summed E-state index contributed by atoms with van der Waals surface area (Å²) in [6.45, 7) is 6.56. The van der Waals surface area contributed by atoms with Gasteiger partial charge in [0.2, 0.25) is 0 Å². The molecule has 1 saturated heterocycles. The van der Waals surface area contributed by atoms with Crippen LogP contribution in [0.25, 0.3) is 11.4 Å². The Hall–Kier alpha value is -2.59. The van der Waals surface area contributed by atoms with Crippen molar-refractivity contribution in [2.75, 3.05) is 56.5 Å². The summed E-state index contributed by atoms with van der Waals surface area (Å²) in [6.07, 6.45) is 3.50. The van der Waals surface area contributed by atoms with Crippen LogP contribution in [0.5, 0.6) is 0 Å². The Labute approximate surface area is 207 Å². The molecule has 1 fully saturated rings. The van der Waals surface area contributed by atoms with Crippen molar-refractivity contribution in [3.63, 3.8) is 0 Å². The molecule has 1 N–H and O–H groups in total. The van der Waals surface area contributed by atoms with Crippen molar-refractivity contribution in [2.24, 2.45) is 0 Å². The molecule has 5 rings (SSSR count). The van der Waals surface area contributed by atoms with Crippen molar-refractivity contribution in [3.8, 4) is 11.4 Å². The monoisotopic (exact) mass is 502 g/mol. The van der Waals surface area contributed by atoms with E-state index in [1.165, 1.54) is 12.1 Å². The maximum Gasteiger partial charge on any atom is 0.172 e. The number of halogens is 3. The normalized spacial score (nSPS) is 16.9. The number of hydrogen-bond acceptors (Lipinski definition) is 8. The first-order valence-corrected chi connectivity index (χ1v) is 11.9. The SMILES string of the molecule is CN1CCN(Cc2cncc(-c3cc4c(nn3)NCCN4Cc3c(Cl)ccc(F)c3Cl)n2)CC1. The molecule has 3 aromatic rings. The molecule has 2 aromatic heterocycles. The average Bonchev–Trinajstić information content (AvgIpc) is 2.85. The topological polar surface area (TPSA) is 73.3 Å². The number of nitrogens with zero attached hydrogens (tertiary/aromatic N) is 7. The molecule has 34 heavy (non-hydrogen) atoms. The minimum Gasteiger partial charge on any atom is -0.365 e. The molecular weight excluding hydrogens is 478 g/mol. The fourth-order valence-electron chi connectivity index (χ4n) is 4.21. The quantitative estimate of drug-likeness (QED) is 0.530. The van der Waals surface area contributed by atoms with Crippen LogP contribution in [0.15, 0.2) is 30.6 Å². The van der Waals surface area contributed by atoms with E-state index in [4.69, 9.17) is 28.2 Å². The summed E-state index contributed by atoms with van der Waals surface area (Å²) < 4.78 is 14.1. The van der Waals surface area contributed by atoms with Gasteiger partial charge in [-0.1, -0.05) is 23.2 Å². The average molecular weight is 503 g/mol. The Morgan fingerprint density at radius 3 is 2.65 bits per heavy atom. The van der Waals surface area contributed by atoms with Crippen LogP contribution in [-0.2, 0) is 13.1 Å². The smallest absolute Gasteiger partial charge is 0.172 e. The molecule has 11 heteroatoms. The van der Waals surface area contributed by atoms with E-state index < -0.39 is 5.82 Å². The van der Waals surface area contributed by atoms with Crippen molar-refractivity contribution < 1.29 is 4.39 Å². The van der Waals surface area contributed by atoms with Crippen LogP contribution in [0.1, 0.15) is 11.3 Å². The van der Waals surface area contributed by atoms with E-state index in [0.717, 1.165) is 44.1 Å². The fourth-order valence-corrected chi connectivity index (χ4v) is 4.70. The zero-order valence-electron chi connectivity index (χ0n) is 18.8. The number of likely N-dealkylation sites (N-methyl/N-ethyl adjacent to an activating group) is 1. The number of aromatic nitrogens is 4. The van der Waals surface area contributed by atoms with Gasteiger partial charge >= 0.3 is 0 Å². The van der Waals surface area contributed by atoms with Gasteiger partial charge in [0.25, 0.3) is 0 Å². The second kappa shape index (κ2) is 9.95. The minimum absolute atomic E-state index is 0.0392. The number of nitrogens with one attached hydrogen (secondary N) is 1. The third-order valence-corrected chi connectivity index (χ3v) is 6.97. The molecule has 0 spiro atoms. The molecule has 8 nitrogen and oxygen atoms in total. The van der Waals surface area contributed by atoms with Crippen molar-refractivity contribution in [2.45, 2.75) is 13.1 Å². The predicted octanol–water partition coefficient (Wildman–Crippen LogP) is 3.56. The van der Waals surface area contributed by atoms with Gasteiger partial charge in [-0.05, 0) is 25.2 Å². The van der Waals surface area contributed by atoms with Crippen LogP contribution in [0, 0.1) is 5.82 Å².